The molecule has 3 aliphatic rings. The van der Waals surface area contributed by atoms with Gasteiger partial charge in [-0.2, -0.15) is 0 Å². The fraction of sp³-hybridized carbons (Fsp3) is 0.741. The predicted octanol–water partition coefficient (Wildman–Crippen LogP) is -4.94. The lowest BCUT2D eigenvalue weighted by Crippen LogP contribution is -2.66. The summed E-state index contributed by atoms with van der Waals surface area (Å²) in [4.78, 5) is 12.7. The topological polar surface area (TPSA) is 266 Å². The third kappa shape index (κ3) is 7.25. The molecule has 0 saturated carbocycles. The third-order valence-corrected chi connectivity index (χ3v) is 7.98. The van der Waals surface area contributed by atoms with Crippen molar-refractivity contribution in [2.24, 2.45) is 0 Å². The molecule has 6 unspecified atom stereocenters. The Bertz CT molecular complexity index is 1040. The molecule has 43 heavy (non-hydrogen) atoms. The van der Waals surface area contributed by atoms with Crippen molar-refractivity contribution in [3.63, 3.8) is 0 Å². The Morgan fingerprint density at radius 2 is 1.05 bits per heavy atom. The van der Waals surface area contributed by atoms with Crippen molar-refractivity contribution in [1.29, 1.82) is 0 Å². The number of ketones is 1. The summed E-state index contributed by atoms with van der Waals surface area (Å²) in [5.41, 5.74) is 1.30. The van der Waals surface area contributed by atoms with Crippen molar-refractivity contribution < 1.29 is 79.5 Å². The summed E-state index contributed by atoms with van der Waals surface area (Å²) < 4.78 is 27.7. The van der Waals surface area contributed by atoms with Crippen LogP contribution in [0.5, 0.6) is 0 Å². The normalized spacial score (nSPS) is 43.8. The maximum Gasteiger partial charge on any atom is 0.187 e. The average molecular weight is 621 g/mol. The van der Waals surface area contributed by atoms with Gasteiger partial charge >= 0.3 is 0 Å². The van der Waals surface area contributed by atoms with E-state index in [1.807, 2.05) is 6.92 Å². The monoisotopic (exact) mass is 620 g/mol. The van der Waals surface area contributed by atoms with Crippen LogP contribution in [-0.2, 0) is 23.7 Å². The van der Waals surface area contributed by atoms with E-state index >= 15 is 0 Å². The number of aryl methyl sites for hydroxylation is 1. The standard InChI is InChI=1S/C27H40O16/c1-10-2-4-11(5-3-10)12(31)6-13-17(32)20(35)24(15(8-29)39-13)42-27-23(38)21(36)25(16(9-30)41-27)43-26-22(37)19(34)18(33)14(7-28)40-26/h2-5,13-30,32-38H,6-9H2,1H3/t13-,14?,15?,16?,17+,18+,19?,20?,21?,22-,23-,24+,25+,26+,27+/m0/s1. The Balaban J connectivity index is 1.42. The minimum absolute atomic E-state index is 0.324. The first-order valence-electron chi connectivity index (χ1n) is 13.9. The highest BCUT2D eigenvalue weighted by molar-refractivity contribution is 5.96. The molecule has 10 N–H and O–H groups in total. The Labute approximate surface area is 246 Å². The number of aliphatic hydroxyl groups excluding tert-OH is 10. The Hall–Kier alpha value is -1.71. The summed E-state index contributed by atoms with van der Waals surface area (Å²) in [5, 5.41) is 103. The van der Waals surface area contributed by atoms with Gasteiger partial charge in [-0.1, -0.05) is 29.8 Å². The lowest BCUT2D eigenvalue weighted by Gasteiger charge is -2.48. The highest BCUT2D eigenvalue weighted by atomic mass is 16.7. The zero-order valence-electron chi connectivity index (χ0n) is 23.2. The van der Waals surface area contributed by atoms with Crippen LogP contribution in [0.2, 0.25) is 0 Å². The molecule has 0 spiro atoms. The molecular formula is C27H40O16. The van der Waals surface area contributed by atoms with Crippen LogP contribution in [0.15, 0.2) is 24.3 Å². The van der Waals surface area contributed by atoms with E-state index in [0.29, 0.717) is 5.56 Å². The minimum Gasteiger partial charge on any atom is -0.394 e. The van der Waals surface area contributed by atoms with E-state index in [2.05, 4.69) is 0 Å². The van der Waals surface area contributed by atoms with Crippen molar-refractivity contribution in [1.82, 2.24) is 0 Å². The molecule has 15 atom stereocenters. The van der Waals surface area contributed by atoms with Gasteiger partial charge in [-0.3, -0.25) is 4.79 Å². The van der Waals surface area contributed by atoms with E-state index < -0.39 is 112 Å². The van der Waals surface area contributed by atoms with Crippen LogP contribution < -0.4 is 0 Å². The lowest BCUT2D eigenvalue weighted by molar-refractivity contribution is -0.372. The minimum atomic E-state index is -1.93. The van der Waals surface area contributed by atoms with Gasteiger partial charge in [-0.15, -0.1) is 0 Å². The van der Waals surface area contributed by atoms with Crippen molar-refractivity contribution >= 4 is 5.78 Å². The summed E-state index contributed by atoms with van der Waals surface area (Å²) in [6, 6.07) is 6.70. The lowest BCUT2D eigenvalue weighted by atomic mass is 9.91. The average Bonchev–Trinajstić information content (AvgIpc) is 3.00. The maximum atomic E-state index is 12.7. The molecule has 0 radical (unpaired) electrons. The Morgan fingerprint density at radius 3 is 1.58 bits per heavy atom. The van der Waals surface area contributed by atoms with Crippen LogP contribution in [0.25, 0.3) is 0 Å². The van der Waals surface area contributed by atoms with Crippen molar-refractivity contribution in [3.05, 3.63) is 35.4 Å². The van der Waals surface area contributed by atoms with Crippen molar-refractivity contribution in [2.75, 3.05) is 19.8 Å². The van der Waals surface area contributed by atoms with Crippen LogP contribution in [0, 0.1) is 6.92 Å². The molecule has 3 aliphatic heterocycles. The zero-order valence-corrected chi connectivity index (χ0v) is 23.2. The number of Topliss-reactive ketones (excluding diaryl/α,β-unsaturated/α-hetero) is 1. The largest absolute Gasteiger partial charge is 0.394 e. The number of rotatable bonds is 10. The molecule has 0 amide bonds. The molecule has 1 aromatic carbocycles. The molecular weight excluding hydrogens is 580 g/mol. The second-order valence-electron chi connectivity index (χ2n) is 11.0. The molecule has 0 aromatic heterocycles. The predicted molar refractivity (Wildman–Crippen MR) is 139 cm³/mol. The number of carbonyl (C=O) groups is 1. The molecule has 244 valence electrons. The summed E-state index contributed by atoms with van der Waals surface area (Å²) in [5.74, 6) is -0.377. The van der Waals surface area contributed by atoms with E-state index in [4.69, 9.17) is 23.7 Å². The first kappa shape index (κ1) is 34.2. The van der Waals surface area contributed by atoms with Crippen LogP contribution in [0.4, 0.5) is 0 Å². The highest BCUT2D eigenvalue weighted by Crippen LogP contribution is 2.33. The summed E-state index contributed by atoms with van der Waals surface area (Å²) >= 11 is 0. The van der Waals surface area contributed by atoms with Crippen molar-refractivity contribution in [2.45, 2.75) is 105 Å². The molecule has 4 rings (SSSR count). The number of carbonyl (C=O) groups excluding carboxylic acids is 1. The van der Waals surface area contributed by atoms with Gasteiger partial charge in [0.15, 0.2) is 18.4 Å². The number of hydrogen-bond donors (Lipinski definition) is 10. The quantitative estimate of drug-likeness (QED) is 0.110. The summed E-state index contributed by atoms with van der Waals surface area (Å²) in [6.07, 6.45) is -24.8. The fourth-order valence-corrected chi connectivity index (χ4v) is 5.36. The maximum absolute atomic E-state index is 12.7. The second kappa shape index (κ2) is 14.6. The molecule has 0 bridgehead atoms. The fourth-order valence-electron chi connectivity index (χ4n) is 5.36. The van der Waals surface area contributed by atoms with Gasteiger partial charge in [0.2, 0.25) is 0 Å². The van der Waals surface area contributed by atoms with Gasteiger partial charge in [-0.05, 0) is 6.92 Å². The number of aliphatic hydroxyl groups is 10. The van der Waals surface area contributed by atoms with Gasteiger partial charge in [0.05, 0.1) is 25.9 Å². The summed E-state index contributed by atoms with van der Waals surface area (Å²) in [7, 11) is 0. The molecule has 16 heteroatoms. The molecule has 3 fully saturated rings. The van der Waals surface area contributed by atoms with Crippen LogP contribution in [0.3, 0.4) is 0 Å². The smallest absolute Gasteiger partial charge is 0.187 e. The van der Waals surface area contributed by atoms with E-state index in [1.54, 1.807) is 24.3 Å². The Morgan fingerprint density at radius 1 is 0.605 bits per heavy atom. The highest BCUT2D eigenvalue weighted by Gasteiger charge is 2.53. The molecule has 16 nitrogen and oxygen atoms in total. The molecule has 3 heterocycles. The number of ether oxygens (including phenoxy) is 5. The zero-order chi connectivity index (χ0) is 31.6. The van der Waals surface area contributed by atoms with E-state index in [1.165, 1.54) is 0 Å². The van der Waals surface area contributed by atoms with E-state index in [9.17, 15) is 55.9 Å². The van der Waals surface area contributed by atoms with Crippen LogP contribution in [-0.4, -0.2) is 169 Å². The molecule has 1 aromatic rings. The van der Waals surface area contributed by atoms with Gasteiger partial charge in [-0.25, -0.2) is 0 Å². The van der Waals surface area contributed by atoms with Gasteiger partial charge in [0, 0.05) is 12.0 Å². The van der Waals surface area contributed by atoms with E-state index in [-0.39, 0.29) is 12.2 Å². The van der Waals surface area contributed by atoms with Crippen molar-refractivity contribution in [3.8, 4) is 0 Å². The first-order valence-corrected chi connectivity index (χ1v) is 13.9. The van der Waals surface area contributed by atoms with Crippen LogP contribution >= 0.6 is 0 Å². The summed E-state index contributed by atoms with van der Waals surface area (Å²) in [6.45, 7) is -0.459. The number of hydrogen-bond acceptors (Lipinski definition) is 16. The molecule has 0 aliphatic carbocycles. The van der Waals surface area contributed by atoms with Crippen LogP contribution in [0.1, 0.15) is 22.3 Å². The first-order chi connectivity index (χ1) is 20.4. The second-order valence-corrected chi connectivity index (χ2v) is 11.0. The Kier molecular flexibility index (Phi) is 11.6. The third-order valence-electron chi connectivity index (χ3n) is 7.98. The van der Waals surface area contributed by atoms with Gasteiger partial charge in [0.1, 0.15) is 73.2 Å². The van der Waals surface area contributed by atoms with Gasteiger partial charge < -0.3 is 74.7 Å². The molecule has 3 saturated heterocycles. The number of benzene rings is 1. The van der Waals surface area contributed by atoms with Gasteiger partial charge in [0.25, 0.3) is 0 Å². The SMILES string of the molecule is Cc1ccc(C(=O)C[C@@H]2OC(CO)[C@@H](O[C@H]3OC(CO)[C@@H](O[C@H]4OC(CO)[C@@H](O)C(O)[C@@H]4O)C(O)[C@@H]3O)C(O)[C@@H]2O)cc1. The van der Waals surface area contributed by atoms with E-state index in [0.717, 1.165) is 5.56 Å².